The molecule has 19 heavy (non-hydrogen) atoms. The van der Waals surface area contributed by atoms with Gasteiger partial charge in [0.2, 0.25) is 0 Å². The standard InChI is InChI=1S/C13H21N3O2.ClH/c1-10(2)6-8-18-9-7-15-13(17)11-4-3-5-12(14)16-11;/h3-5,10H,6-9H2,1-2H3,(H2,14,16)(H,15,17);1H. The first-order valence-electron chi connectivity index (χ1n) is 6.18. The van der Waals surface area contributed by atoms with Gasteiger partial charge in [-0.15, -0.1) is 12.4 Å². The van der Waals surface area contributed by atoms with Crippen LogP contribution in [-0.4, -0.2) is 30.6 Å². The lowest BCUT2D eigenvalue weighted by atomic mass is 10.1. The molecule has 0 aliphatic rings. The molecule has 6 heteroatoms. The SMILES string of the molecule is CC(C)CCOCCNC(=O)c1cccc(N)n1.Cl. The largest absolute Gasteiger partial charge is 0.384 e. The highest BCUT2D eigenvalue weighted by molar-refractivity contribution is 5.92. The molecule has 0 bridgehead atoms. The summed E-state index contributed by atoms with van der Waals surface area (Å²) in [6, 6.07) is 4.98. The van der Waals surface area contributed by atoms with E-state index in [4.69, 9.17) is 10.5 Å². The van der Waals surface area contributed by atoms with Crippen LogP contribution in [0.25, 0.3) is 0 Å². The van der Waals surface area contributed by atoms with Crippen molar-refractivity contribution in [3.05, 3.63) is 23.9 Å². The van der Waals surface area contributed by atoms with Gasteiger partial charge >= 0.3 is 0 Å². The van der Waals surface area contributed by atoms with E-state index in [-0.39, 0.29) is 18.3 Å². The number of rotatable bonds is 7. The van der Waals surface area contributed by atoms with E-state index < -0.39 is 0 Å². The molecule has 108 valence electrons. The van der Waals surface area contributed by atoms with Crippen molar-refractivity contribution in [1.29, 1.82) is 0 Å². The number of carbonyl (C=O) groups is 1. The number of halogens is 1. The number of anilines is 1. The van der Waals surface area contributed by atoms with E-state index in [1.807, 2.05) is 0 Å². The van der Waals surface area contributed by atoms with Crippen LogP contribution in [0.4, 0.5) is 5.82 Å². The van der Waals surface area contributed by atoms with E-state index in [0.29, 0.717) is 30.6 Å². The van der Waals surface area contributed by atoms with Gasteiger partial charge in [-0.05, 0) is 24.5 Å². The Morgan fingerprint density at radius 2 is 2.16 bits per heavy atom. The summed E-state index contributed by atoms with van der Waals surface area (Å²) in [5, 5.41) is 2.73. The topological polar surface area (TPSA) is 77.2 Å². The van der Waals surface area contributed by atoms with E-state index in [1.54, 1.807) is 18.2 Å². The summed E-state index contributed by atoms with van der Waals surface area (Å²) < 4.78 is 5.39. The quantitative estimate of drug-likeness (QED) is 0.751. The van der Waals surface area contributed by atoms with Crippen molar-refractivity contribution < 1.29 is 9.53 Å². The minimum absolute atomic E-state index is 0. The molecule has 0 radical (unpaired) electrons. The average Bonchev–Trinajstić information content (AvgIpc) is 2.33. The summed E-state index contributed by atoms with van der Waals surface area (Å²) >= 11 is 0. The Labute approximate surface area is 120 Å². The number of pyridine rings is 1. The minimum Gasteiger partial charge on any atom is -0.384 e. The Morgan fingerprint density at radius 3 is 2.79 bits per heavy atom. The normalized spacial score (nSPS) is 10.1. The third-order valence-electron chi connectivity index (χ3n) is 2.37. The molecule has 0 fully saturated rings. The molecule has 1 amide bonds. The van der Waals surface area contributed by atoms with Gasteiger partial charge in [0.25, 0.3) is 5.91 Å². The van der Waals surface area contributed by atoms with Crippen LogP contribution in [0.5, 0.6) is 0 Å². The summed E-state index contributed by atoms with van der Waals surface area (Å²) in [4.78, 5) is 15.6. The number of ether oxygens (including phenoxy) is 1. The second-order valence-electron chi connectivity index (χ2n) is 4.50. The van der Waals surface area contributed by atoms with Crippen molar-refractivity contribution >= 4 is 24.1 Å². The number of nitrogens with zero attached hydrogens (tertiary/aromatic N) is 1. The van der Waals surface area contributed by atoms with Crippen LogP contribution >= 0.6 is 12.4 Å². The molecule has 1 aromatic heterocycles. The van der Waals surface area contributed by atoms with E-state index in [0.717, 1.165) is 13.0 Å². The highest BCUT2D eigenvalue weighted by Crippen LogP contribution is 2.00. The lowest BCUT2D eigenvalue weighted by molar-refractivity contribution is 0.0901. The monoisotopic (exact) mass is 287 g/mol. The Morgan fingerprint density at radius 1 is 1.42 bits per heavy atom. The number of hydrogen-bond donors (Lipinski definition) is 2. The maximum Gasteiger partial charge on any atom is 0.270 e. The van der Waals surface area contributed by atoms with Crippen LogP contribution in [0.15, 0.2) is 18.2 Å². The van der Waals surface area contributed by atoms with E-state index in [9.17, 15) is 4.79 Å². The Balaban J connectivity index is 0.00000324. The third-order valence-corrected chi connectivity index (χ3v) is 2.37. The van der Waals surface area contributed by atoms with E-state index in [2.05, 4.69) is 24.1 Å². The summed E-state index contributed by atoms with van der Waals surface area (Å²) in [7, 11) is 0. The van der Waals surface area contributed by atoms with Crippen molar-refractivity contribution in [2.24, 2.45) is 5.92 Å². The van der Waals surface area contributed by atoms with Gasteiger partial charge in [-0.25, -0.2) is 4.98 Å². The van der Waals surface area contributed by atoms with Crippen LogP contribution in [0.1, 0.15) is 30.8 Å². The van der Waals surface area contributed by atoms with E-state index >= 15 is 0 Å². The lowest BCUT2D eigenvalue weighted by Crippen LogP contribution is -2.28. The zero-order valence-electron chi connectivity index (χ0n) is 11.4. The van der Waals surface area contributed by atoms with Gasteiger partial charge in [-0.2, -0.15) is 0 Å². The zero-order valence-corrected chi connectivity index (χ0v) is 12.2. The lowest BCUT2D eigenvalue weighted by Gasteiger charge is -2.07. The predicted molar refractivity (Wildman–Crippen MR) is 78.5 cm³/mol. The number of amides is 1. The first-order valence-corrected chi connectivity index (χ1v) is 6.18. The number of hydrogen-bond acceptors (Lipinski definition) is 4. The van der Waals surface area contributed by atoms with Crippen molar-refractivity contribution in [2.75, 3.05) is 25.5 Å². The minimum atomic E-state index is -0.227. The molecule has 5 nitrogen and oxygen atoms in total. The molecule has 0 atom stereocenters. The van der Waals surface area contributed by atoms with Gasteiger partial charge in [-0.1, -0.05) is 19.9 Å². The van der Waals surface area contributed by atoms with Gasteiger partial charge in [0.15, 0.2) is 0 Å². The number of nitrogens with one attached hydrogen (secondary N) is 1. The fraction of sp³-hybridized carbons (Fsp3) is 0.538. The first-order chi connectivity index (χ1) is 8.59. The van der Waals surface area contributed by atoms with Gasteiger partial charge in [0.1, 0.15) is 11.5 Å². The Kier molecular flexibility index (Phi) is 8.91. The summed E-state index contributed by atoms with van der Waals surface area (Å²) in [5.74, 6) is 0.752. The van der Waals surface area contributed by atoms with Crippen molar-refractivity contribution in [2.45, 2.75) is 20.3 Å². The molecule has 1 heterocycles. The Hall–Kier alpha value is -1.33. The van der Waals surface area contributed by atoms with Gasteiger partial charge in [0, 0.05) is 13.2 Å². The molecule has 0 saturated carbocycles. The molecule has 0 unspecified atom stereocenters. The van der Waals surface area contributed by atoms with Crippen molar-refractivity contribution in [3.63, 3.8) is 0 Å². The summed E-state index contributed by atoms with van der Waals surface area (Å²) in [6.07, 6.45) is 1.03. The molecular formula is C13H22ClN3O2. The van der Waals surface area contributed by atoms with Crippen LogP contribution in [0, 0.1) is 5.92 Å². The van der Waals surface area contributed by atoms with Gasteiger partial charge < -0.3 is 15.8 Å². The highest BCUT2D eigenvalue weighted by atomic mass is 35.5. The number of nitrogens with two attached hydrogens (primary N) is 1. The zero-order chi connectivity index (χ0) is 13.4. The molecule has 3 N–H and O–H groups in total. The molecular weight excluding hydrogens is 266 g/mol. The Bertz CT molecular complexity index is 386. The molecule has 0 aliphatic heterocycles. The molecule has 1 aromatic rings. The molecule has 1 rings (SSSR count). The maximum absolute atomic E-state index is 11.7. The fourth-order valence-corrected chi connectivity index (χ4v) is 1.33. The summed E-state index contributed by atoms with van der Waals surface area (Å²) in [5.41, 5.74) is 5.83. The molecule has 0 saturated heterocycles. The second kappa shape index (κ2) is 9.58. The van der Waals surface area contributed by atoms with Crippen LogP contribution in [0.2, 0.25) is 0 Å². The molecule has 0 aliphatic carbocycles. The third kappa shape index (κ3) is 7.64. The van der Waals surface area contributed by atoms with Crippen LogP contribution in [0.3, 0.4) is 0 Å². The van der Waals surface area contributed by atoms with Gasteiger partial charge in [-0.3, -0.25) is 4.79 Å². The summed E-state index contributed by atoms with van der Waals surface area (Å²) in [6.45, 7) is 6.02. The molecule has 0 aromatic carbocycles. The van der Waals surface area contributed by atoms with Crippen molar-refractivity contribution in [1.82, 2.24) is 10.3 Å². The first kappa shape index (κ1) is 17.7. The smallest absolute Gasteiger partial charge is 0.270 e. The van der Waals surface area contributed by atoms with Crippen LogP contribution < -0.4 is 11.1 Å². The second-order valence-corrected chi connectivity index (χ2v) is 4.50. The maximum atomic E-state index is 11.7. The predicted octanol–water partition coefficient (Wildman–Crippen LogP) is 1.88. The van der Waals surface area contributed by atoms with Crippen molar-refractivity contribution in [3.8, 4) is 0 Å². The number of nitrogen functional groups attached to an aromatic ring is 1. The number of carbonyl (C=O) groups excluding carboxylic acids is 1. The molecule has 0 spiro atoms. The van der Waals surface area contributed by atoms with E-state index in [1.165, 1.54) is 0 Å². The van der Waals surface area contributed by atoms with Gasteiger partial charge in [0.05, 0.1) is 6.61 Å². The highest BCUT2D eigenvalue weighted by Gasteiger charge is 2.06. The average molecular weight is 288 g/mol. The van der Waals surface area contributed by atoms with Crippen LogP contribution in [-0.2, 0) is 4.74 Å². The number of aromatic nitrogens is 1. The fourth-order valence-electron chi connectivity index (χ4n) is 1.33.